The first-order valence-corrected chi connectivity index (χ1v) is 9.43. The molecule has 8 nitrogen and oxygen atoms in total. The third kappa shape index (κ3) is 3.35. The molecule has 3 aliphatic heterocycles. The summed E-state index contributed by atoms with van der Waals surface area (Å²) in [5.74, 6) is -0.0905. The summed E-state index contributed by atoms with van der Waals surface area (Å²) in [7, 11) is 0. The summed E-state index contributed by atoms with van der Waals surface area (Å²) in [5.41, 5.74) is 1.64. The van der Waals surface area contributed by atoms with Crippen LogP contribution < -0.4 is 15.3 Å². The van der Waals surface area contributed by atoms with E-state index >= 15 is 0 Å². The number of hydrogen-bond donors (Lipinski definition) is 2. The molecule has 0 aliphatic carbocycles. The summed E-state index contributed by atoms with van der Waals surface area (Å²) < 4.78 is 5.50. The highest BCUT2D eigenvalue weighted by molar-refractivity contribution is 6.03. The number of nitrogens with one attached hydrogen (secondary N) is 2. The number of carbonyl (C=O) groups is 2. The van der Waals surface area contributed by atoms with Gasteiger partial charge in [-0.05, 0) is 33.3 Å². The van der Waals surface area contributed by atoms with Crippen molar-refractivity contribution in [2.45, 2.75) is 38.8 Å². The molecule has 3 aliphatic rings. The Kier molecular flexibility index (Phi) is 4.27. The molecule has 0 radical (unpaired) electrons. The van der Waals surface area contributed by atoms with Gasteiger partial charge in [0.2, 0.25) is 5.91 Å². The van der Waals surface area contributed by atoms with Crippen LogP contribution in [0.25, 0.3) is 0 Å². The lowest BCUT2D eigenvalue weighted by molar-refractivity contribution is -0.779. The Morgan fingerprint density at radius 2 is 2.15 bits per heavy atom. The highest BCUT2D eigenvalue weighted by atomic mass is 16.6. The van der Waals surface area contributed by atoms with E-state index in [0.29, 0.717) is 37.4 Å². The van der Waals surface area contributed by atoms with Crippen molar-refractivity contribution < 1.29 is 19.4 Å². The highest BCUT2D eigenvalue weighted by Crippen LogP contribution is 2.40. The molecule has 2 N–H and O–H groups in total. The van der Waals surface area contributed by atoms with E-state index in [2.05, 4.69) is 10.2 Å². The smallest absolute Gasteiger partial charge is 0.410 e. The van der Waals surface area contributed by atoms with E-state index in [1.54, 1.807) is 11.0 Å². The summed E-state index contributed by atoms with van der Waals surface area (Å²) in [6.45, 7) is 7.16. The quantitative estimate of drug-likeness (QED) is 0.664. The molecule has 146 valence electrons. The van der Waals surface area contributed by atoms with Crippen LogP contribution in [0.1, 0.15) is 27.2 Å². The minimum Gasteiger partial charge on any atom is -0.629 e. The Hall–Kier alpha value is -2.32. The van der Waals surface area contributed by atoms with Crippen molar-refractivity contribution in [1.82, 2.24) is 4.90 Å². The zero-order valence-electron chi connectivity index (χ0n) is 15.9. The van der Waals surface area contributed by atoms with Crippen LogP contribution in [0, 0.1) is 11.1 Å². The summed E-state index contributed by atoms with van der Waals surface area (Å²) in [6.07, 6.45) is 0.366. The monoisotopic (exact) mass is 374 g/mol. The van der Waals surface area contributed by atoms with Crippen molar-refractivity contribution in [3.8, 4) is 0 Å². The van der Waals surface area contributed by atoms with E-state index in [-0.39, 0.29) is 35.6 Å². The fourth-order valence-corrected chi connectivity index (χ4v) is 4.36. The van der Waals surface area contributed by atoms with Crippen LogP contribution in [-0.2, 0) is 9.53 Å². The number of para-hydroxylation sites is 1. The Balaban J connectivity index is 1.62. The van der Waals surface area contributed by atoms with Gasteiger partial charge in [0.15, 0.2) is 5.69 Å². The number of quaternary nitrogens is 1. The number of hydroxylamine groups is 1. The number of carbonyl (C=O) groups excluding carboxylic acids is 2. The van der Waals surface area contributed by atoms with Crippen LogP contribution in [0.3, 0.4) is 0 Å². The van der Waals surface area contributed by atoms with Crippen molar-refractivity contribution in [2.75, 3.05) is 36.4 Å². The first kappa shape index (κ1) is 18.1. The van der Waals surface area contributed by atoms with E-state index < -0.39 is 5.60 Å². The third-order valence-electron chi connectivity index (χ3n) is 5.41. The Morgan fingerprint density at radius 1 is 1.37 bits per heavy atom. The van der Waals surface area contributed by atoms with Gasteiger partial charge in [-0.15, -0.1) is 0 Å². The Bertz CT molecular complexity index is 775. The molecule has 3 atom stereocenters. The van der Waals surface area contributed by atoms with Crippen molar-refractivity contribution >= 4 is 29.1 Å². The summed E-state index contributed by atoms with van der Waals surface area (Å²) in [5, 5.41) is 15.9. The van der Waals surface area contributed by atoms with Crippen molar-refractivity contribution in [3.63, 3.8) is 0 Å². The second kappa shape index (κ2) is 6.38. The van der Waals surface area contributed by atoms with Gasteiger partial charge in [-0.1, -0.05) is 6.07 Å². The van der Waals surface area contributed by atoms with E-state index in [4.69, 9.17) is 4.74 Å². The molecule has 1 aromatic rings. The third-order valence-corrected chi connectivity index (χ3v) is 5.41. The molecule has 1 fully saturated rings. The number of hydrogen-bond acceptors (Lipinski definition) is 5. The number of rotatable bonds is 0. The average molecular weight is 374 g/mol. The minimum absolute atomic E-state index is 0.0232. The van der Waals surface area contributed by atoms with Gasteiger partial charge in [0.05, 0.1) is 18.8 Å². The van der Waals surface area contributed by atoms with Crippen molar-refractivity contribution in [1.29, 1.82) is 0 Å². The van der Waals surface area contributed by atoms with Crippen molar-refractivity contribution in [3.05, 3.63) is 23.4 Å². The van der Waals surface area contributed by atoms with Crippen molar-refractivity contribution in [2.24, 2.45) is 5.92 Å². The van der Waals surface area contributed by atoms with E-state index in [9.17, 15) is 14.8 Å². The fourth-order valence-electron chi connectivity index (χ4n) is 4.36. The number of ether oxygens (including phenoxy) is 1. The SMILES string of the molecule is CC(C)(C)OC(=O)N1CCC2C(C1)C[NH+]([O-])c1cccc3c1N2CC(=O)N3. The first-order valence-electron chi connectivity index (χ1n) is 9.43. The standard InChI is InChI=1S/C19H26N4O4/c1-19(2,3)27-18(25)21-8-7-14-12(9-21)10-23(26)15-6-4-5-13-17(15)22(14)11-16(24)20-13/h4-6,12,14,23H,7-11H2,1-3H3,(H,20,24). The van der Waals surface area contributed by atoms with Gasteiger partial charge in [-0.3, -0.25) is 4.79 Å². The van der Waals surface area contributed by atoms with Crippen LogP contribution in [0.4, 0.5) is 21.9 Å². The predicted octanol–water partition coefficient (Wildman–Crippen LogP) is 1.10. The van der Waals surface area contributed by atoms with Gasteiger partial charge in [0.25, 0.3) is 0 Å². The lowest BCUT2D eigenvalue weighted by Gasteiger charge is -2.43. The van der Waals surface area contributed by atoms with Gasteiger partial charge in [-0.25, -0.2) is 4.79 Å². The van der Waals surface area contributed by atoms with Gasteiger partial charge in [-0.2, -0.15) is 0 Å². The topological polar surface area (TPSA) is 89.4 Å². The minimum atomic E-state index is -0.552. The summed E-state index contributed by atoms with van der Waals surface area (Å²) in [4.78, 5) is 28.5. The molecule has 8 heteroatoms. The number of anilines is 2. The maximum absolute atomic E-state index is 12.9. The molecule has 2 amide bonds. The molecule has 4 rings (SSSR count). The van der Waals surface area contributed by atoms with E-state index in [1.165, 1.54) is 0 Å². The van der Waals surface area contributed by atoms with E-state index in [1.807, 2.05) is 32.9 Å². The predicted molar refractivity (Wildman–Crippen MR) is 101 cm³/mol. The molecule has 3 heterocycles. The van der Waals surface area contributed by atoms with Crippen LogP contribution in [-0.4, -0.2) is 54.7 Å². The number of amides is 2. The molecule has 0 bridgehead atoms. The second-order valence-electron chi connectivity index (χ2n) is 8.55. The molecule has 1 aromatic carbocycles. The number of likely N-dealkylation sites (tertiary alicyclic amines) is 1. The average Bonchev–Trinajstić information content (AvgIpc) is 2.69. The Morgan fingerprint density at radius 3 is 2.89 bits per heavy atom. The molecule has 3 unspecified atom stereocenters. The molecular formula is C19H26N4O4. The lowest BCUT2D eigenvalue weighted by Crippen LogP contribution is -3.03. The van der Waals surface area contributed by atoms with Crippen LogP contribution in [0.5, 0.6) is 0 Å². The Labute approximate surface area is 158 Å². The second-order valence-corrected chi connectivity index (χ2v) is 8.55. The maximum Gasteiger partial charge on any atom is 0.410 e. The zero-order valence-corrected chi connectivity index (χ0v) is 15.9. The first-order chi connectivity index (χ1) is 12.7. The zero-order chi connectivity index (χ0) is 19.3. The molecular weight excluding hydrogens is 348 g/mol. The fraction of sp³-hybridized carbons (Fsp3) is 0.579. The molecule has 1 saturated heterocycles. The number of benzene rings is 1. The number of nitrogens with zero attached hydrogens (tertiary/aromatic N) is 2. The largest absolute Gasteiger partial charge is 0.629 e. The number of fused-ring (bicyclic) bond motifs is 2. The van der Waals surface area contributed by atoms with Crippen LogP contribution in [0.15, 0.2) is 18.2 Å². The van der Waals surface area contributed by atoms with Gasteiger partial charge in [0, 0.05) is 31.1 Å². The summed E-state index contributed by atoms with van der Waals surface area (Å²) >= 11 is 0. The van der Waals surface area contributed by atoms with Gasteiger partial charge in [0.1, 0.15) is 11.3 Å². The van der Waals surface area contributed by atoms with Crippen LogP contribution in [0.2, 0.25) is 0 Å². The van der Waals surface area contributed by atoms with Crippen LogP contribution >= 0.6 is 0 Å². The molecule has 0 spiro atoms. The summed E-state index contributed by atoms with van der Waals surface area (Å²) in [6, 6.07) is 5.53. The van der Waals surface area contributed by atoms with Gasteiger partial charge >= 0.3 is 6.09 Å². The lowest BCUT2D eigenvalue weighted by atomic mass is 9.90. The molecule has 0 aromatic heterocycles. The normalized spacial score (nSPS) is 27.3. The molecule has 27 heavy (non-hydrogen) atoms. The van der Waals surface area contributed by atoms with E-state index in [0.717, 1.165) is 5.69 Å². The van der Waals surface area contributed by atoms with Gasteiger partial charge < -0.3 is 30.1 Å². The molecule has 0 saturated carbocycles. The number of piperidine rings is 1. The maximum atomic E-state index is 12.9. The highest BCUT2D eigenvalue weighted by Gasteiger charge is 2.44.